The van der Waals surface area contributed by atoms with E-state index in [1.807, 2.05) is 0 Å². The molecule has 0 amide bonds. The number of hydrogen-bond acceptors (Lipinski definition) is 1. The van der Waals surface area contributed by atoms with E-state index >= 15 is 0 Å². The van der Waals surface area contributed by atoms with Gasteiger partial charge in [0.2, 0.25) is 0 Å². The number of unbranched alkanes of at least 4 members (excludes halogenated alkanes) is 2. The van der Waals surface area contributed by atoms with E-state index in [1.165, 1.54) is 16.7 Å². The first-order valence-corrected chi connectivity index (χ1v) is 5.87. The fourth-order valence-corrected chi connectivity index (χ4v) is 1.89. The predicted octanol–water partition coefficient (Wildman–Crippen LogP) is 3.49. The molecule has 1 rings (SSSR count). The molecule has 1 aromatic rings. The van der Waals surface area contributed by atoms with Crippen LogP contribution in [0.1, 0.15) is 42.4 Å². The molecule has 0 atom stereocenters. The Morgan fingerprint density at radius 2 is 1.94 bits per heavy atom. The molecule has 2 heteroatoms. The second-order valence-electron chi connectivity index (χ2n) is 4.38. The Bertz CT molecular complexity index is 356. The Morgan fingerprint density at radius 1 is 1.19 bits per heavy atom. The quantitative estimate of drug-likeness (QED) is 0.745. The van der Waals surface area contributed by atoms with Gasteiger partial charge in [-0.1, -0.05) is 30.2 Å². The van der Waals surface area contributed by atoms with Crippen molar-refractivity contribution in [1.29, 1.82) is 0 Å². The highest BCUT2D eigenvalue weighted by molar-refractivity contribution is 5.66. The number of benzene rings is 1. The van der Waals surface area contributed by atoms with Gasteiger partial charge in [0.05, 0.1) is 0 Å². The standard InChI is InChI=1S/C14H20O2/c1-11-8-9-13(12(2)10-11)6-4-3-5-7-14(15)16/h8-10H,3-7H2,1-2H3,(H,15,16). The number of rotatable bonds is 6. The minimum Gasteiger partial charge on any atom is -0.481 e. The van der Waals surface area contributed by atoms with Crippen LogP contribution in [0.5, 0.6) is 0 Å². The molecule has 0 aromatic heterocycles. The van der Waals surface area contributed by atoms with Gasteiger partial charge in [-0.05, 0) is 44.2 Å². The van der Waals surface area contributed by atoms with E-state index < -0.39 is 5.97 Å². The summed E-state index contributed by atoms with van der Waals surface area (Å²) >= 11 is 0. The fraction of sp³-hybridized carbons (Fsp3) is 0.500. The molecule has 1 N–H and O–H groups in total. The first kappa shape index (κ1) is 12.8. The lowest BCUT2D eigenvalue weighted by Crippen LogP contribution is -1.95. The van der Waals surface area contributed by atoms with Crippen molar-refractivity contribution in [1.82, 2.24) is 0 Å². The summed E-state index contributed by atoms with van der Waals surface area (Å²) in [6.45, 7) is 4.24. The van der Waals surface area contributed by atoms with Crippen LogP contribution in [-0.4, -0.2) is 11.1 Å². The van der Waals surface area contributed by atoms with E-state index in [0.29, 0.717) is 6.42 Å². The molecule has 0 spiro atoms. The Hall–Kier alpha value is -1.31. The zero-order chi connectivity index (χ0) is 12.0. The van der Waals surface area contributed by atoms with Crippen molar-refractivity contribution in [3.8, 4) is 0 Å². The molecule has 0 radical (unpaired) electrons. The number of hydrogen-bond donors (Lipinski definition) is 1. The SMILES string of the molecule is Cc1ccc(CCCCCC(=O)O)c(C)c1. The summed E-state index contributed by atoms with van der Waals surface area (Å²) in [5.41, 5.74) is 4.03. The van der Waals surface area contributed by atoms with Crippen LogP contribution >= 0.6 is 0 Å². The van der Waals surface area contributed by atoms with E-state index in [4.69, 9.17) is 5.11 Å². The van der Waals surface area contributed by atoms with Crippen LogP contribution in [0.4, 0.5) is 0 Å². The maximum atomic E-state index is 10.3. The van der Waals surface area contributed by atoms with E-state index in [9.17, 15) is 4.79 Å². The molecular formula is C14H20O2. The Labute approximate surface area is 97.3 Å². The smallest absolute Gasteiger partial charge is 0.303 e. The Kier molecular flexibility index (Phi) is 5.03. The van der Waals surface area contributed by atoms with Crippen molar-refractivity contribution in [2.45, 2.75) is 46.0 Å². The maximum Gasteiger partial charge on any atom is 0.303 e. The minimum absolute atomic E-state index is 0.298. The van der Waals surface area contributed by atoms with E-state index in [1.54, 1.807) is 0 Å². The summed E-state index contributed by atoms with van der Waals surface area (Å²) in [5, 5.41) is 8.50. The normalized spacial score (nSPS) is 10.4. The topological polar surface area (TPSA) is 37.3 Å². The molecule has 0 aliphatic heterocycles. The minimum atomic E-state index is -0.688. The third-order valence-corrected chi connectivity index (χ3v) is 2.83. The monoisotopic (exact) mass is 220 g/mol. The highest BCUT2D eigenvalue weighted by atomic mass is 16.4. The molecule has 0 saturated heterocycles. The van der Waals surface area contributed by atoms with Crippen LogP contribution in [0.3, 0.4) is 0 Å². The van der Waals surface area contributed by atoms with Gasteiger partial charge in [0.1, 0.15) is 0 Å². The maximum absolute atomic E-state index is 10.3. The molecular weight excluding hydrogens is 200 g/mol. The summed E-state index contributed by atoms with van der Waals surface area (Å²) in [4.78, 5) is 10.3. The van der Waals surface area contributed by atoms with Gasteiger partial charge in [-0.2, -0.15) is 0 Å². The summed E-state index contributed by atoms with van der Waals surface area (Å²) < 4.78 is 0. The molecule has 1 aromatic carbocycles. The molecule has 2 nitrogen and oxygen atoms in total. The van der Waals surface area contributed by atoms with Crippen LogP contribution < -0.4 is 0 Å². The molecule has 0 fully saturated rings. The third-order valence-electron chi connectivity index (χ3n) is 2.83. The van der Waals surface area contributed by atoms with Gasteiger partial charge in [-0.25, -0.2) is 0 Å². The highest BCUT2D eigenvalue weighted by Gasteiger charge is 2.00. The van der Waals surface area contributed by atoms with Gasteiger partial charge in [-0.15, -0.1) is 0 Å². The average Bonchev–Trinajstić information content (AvgIpc) is 2.20. The van der Waals surface area contributed by atoms with Crippen LogP contribution in [-0.2, 0) is 11.2 Å². The van der Waals surface area contributed by atoms with Crippen LogP contribution in [0.25, 0.3) is 0 Å². The molecule has 0 unspecified atom stereocenters. The molecule has 88 valence electrons. The zero-order valence-corrected chi connectivity index (χ0v) is 10.1. The van der Waals surface area contributed by atoms with Crippen LogP contribution in [0.2, 0.25) is 0 Å². The lowest BCUT2D eigenvalue weighted by atomic mass is 10.00. The first-order chi connectivity index (χ1) is 7.59. The third kappa shape index (κ3) is 4.47. The Morgan fingerprint density at radius 3 is 2.56 bits per heavy atom. The predicted molar refractivity (Wildman–Crippen MR) is 65.7 cm³/mol. The molecule has 0 bridgehead atoms. The van der Waals surface area contributed by atoms with Crippen molar-refractivity contribution in [3.63, 3.8) is 0 Å². The summed E-state index contributed by atoms with van der Waals surface area (Å²) in [6.07, 6.45) is 4.23. The number of carboxylic acid groups (broad SMARTS) is 1. The summed E-state index contributed by atoms with van der Waals surface area (Å²) in [7, 11) is 0. The molecule has 0 aliphatic carbocycles. The first-order valence-electron chi connectivity index (χ1n) is 5.87. The van der Waals surface area contributed by atoms with Crippen molar-refractivity contribution in [3.05, 3.63) is 34.9 Å². The van der Waals surface area contributed by atoms with Gasteiger partial charge in [-0.3, -0.25) is 4.79 Å². The molecule has 0 saturated carbocycles. The number of carbonyl (C=O) groups is 1. The van der Waals surface area contributed by atoms with Crippen molar-refractivity contribution >= 4 is 5.97 Å². The fourth-order valence-electron chi connectivity index (χ4n) is 1.89. The summed E-state index contributed by atoms with van der Waals surface area (Å²) in [5.74, 6) is -0.688. The molecule has 0 heterocycles. The zero-order valence-electron chi connectivity index (χ0n) is 10.1. The molecule has 16 heavy (non-hydrogen) atoms. The lowest BCUT2D eigenvalue weighted by Gasteiger charge is -2.06. The largest absolute Gasteiger partial charge is 0.481 e. The number of aryl methyl sites for hydroxylation is 3. The van der Waals surface area contributed by atoms with Gasteiger partial charge < -0.3 is 5.11 Å². The van der Waals surface area contributed by atoms with Crippen LogP contribution in [0, 0.1) is 13.8 Å². The Balaban J connectivity index is 2.29. The average molecular weight is 220 g/mol. The van der Waals surface area contributed by atoms with Gasteiger partial charge in [0.25, 0.3) is 0 Å². The van der Waals surface area contributed by atoms with Gasteiger partial charge in [0, 0.05) is 6.42 Å². The van der Waals surface area contributed by atoms with Gasteiger partial charge >= 0.3 is 5.97 Å². The lowest BCUT2D eigenvalue weighted by molar-refractivity contribution is -0.137. The van der Waals surface area contributed by atoms with E-state index in [0.717, 1.165) is 25.7 Å². The highest BCUT2D eigenvalue weighted by Crippen LogP contribution is 2.14. The number of carboxylic acids is 1. The van der Waals surface area contributed by atoms with Gasteiger partial charge in [0.15, 0.2) is 0 Å². The van der Waals surface area contributed by atoms with Crippen molar-refractivity contribution < 1.29 is 9.90 Å². The van der Waals surface area contributed by atoms with Crippen molar-refractivity contribution in [2.24, 2.45) is 0 Å². The van der Waals surface area contributed by atoms with E-state index in [2.05, 4.69) is 32.0 Å². The van der Waals surface area contributed by atoms with Crippen LogP contribution in [0.15, 0.2) is 18.2 Å². The second-order valence-corrected chi connectivity index (χ2v) is 4.38. The summed E-state index contributed by atoms with van der Waals surface area (Å²) in [6, 6.07) is 6.52. The number of aliphatic carboxylic acids is 1. The van der Waals surface area contributed by atoms with E-state index in [-0.39, 0.29) is 0 Å². The second kappa shape index (κ2) is 6.31. The van der Waals surface area contributed by atoms with Crippen molar-refractivity contribution in [2.75, 3.05) is 0 Å². The molecule has 0 aliphatic rings.